The molecule has 1 rings (SSSR count). The van der Waals surface area contributed by atoms with Crippen molar-refractivity contribution in [2.45, 2.75) is 46.1 Å². The van der Waals surface area contributed by atoms with E-state index in [9.17, 15) is 9.90 Å². The van der Waals surface area contributed by atoms with Gasteiger partial charge in [-0.2, -0.15) is 0 Å². The normalized spacial score (nSPS) is 14.6. The van der Waals surface area contributed by atoms with E-state index in [1.54, 1.807) is 0 Å². The van der Waals surface area contributed by atoms with Crippen LogP contribution in [0.4, 0.5) is 0 Å². The van der Waals surface area contributed by atoms with Crippen LogP contribution in [0.15, 0.2) is 18.2 Å². The van der Waals surface area contributed by atoms with Gasteiger partial charge < -0.3 is 10.2 Å². The van der Waals surface area contributed by atoms with Crippen LogP contribution in [0.25, 0.3) is 0 Å². The fraction of sp³-hybridized carbons (Fsp3) is 0.533. The number of hydrogen-bond acceptors (Lipinski definition) is 2. The van der Waals surface area contributed by atoms with Gasteiger partial charge in [0.1, 0.15) is 5.60 Å². The summed E-state index contributed by atoms with van der Waals surface area (Å²) in [5.74, 6) is -0.742. The molecule has 0 aliphatic carbocycles. The Morgan fingerprint density at radius 3 is 2.39 bits per heavy atom. The molecule has 3 heteroatoms. The van der Waals surface area contributed by atoms with E-state index in [0.29, 0.717) is 6.42 Å². The Morgan fingerprint density at radius 2 is 1.94 bits per heavy atom. The largest absolute Gasteiger partial charge is 0.481 e. The van der Waals surface area contributed by atoms with Crippen LogP contribution in [0, 0.1) is 19.8 Å². The number of aryl methyl sites for hydroxylation is 2. The first-order valence-electron chi connectivity index (χ1n) is 6.26. The maximum Gasteiger partial charge on any atom is 0.306 e. The van der Waals surface area contributed by atoms with Gasteiger partial charge >= 0.3 is 5.97 Å². The number of aliphatic hydroxyl groups is 1. The van der Waals surface area contributed by atoms with Gasteiger partial charge in [0.05, 0.1) is 6.42 Å². The summed E-state index contributed by atoms with van der Waals surface area (Å²) in [5.41, 5.74) is 1.50. The van der Waals surface area contributed by atoms with Crippen LogP contribution >= 0.6 is 0 Å². The molecule has 0 radical (unpaired) electrons. The molecule has 1 unspecified atom stereocenters. The highest BCUT2D eigenvalue weighted by atomic mass is 16.4. The Morgan fingerprint density at radius 1 is 1.33 bits per heavy atom. The lowest BCUT2D eigenvalue weighted by molar-refractivity contribution is -0.143. The topological polar surface area (TPSA) is 57.5 Å². The minimum Gasteiger partial charge on any atom is -0.481 e. The summed E-state index contributed by atoms with van der Waals surface area (Å²) in [6.07, 6.45) is 0.193. The predicted octanol–water partition coefficient (Wildman–Crippen LogP) is 3.01. The number of aliphatic carboxylic acids is 1. The molecule has 0 amide bonds. The van der Waals surface area contributed by atoms with Gasteiger partial charge in [-0.3, -0.25) is 4.79 Å². The summed E-state index contributed by atoms with van der Waals surface area (Å²) in [6.45, 7) is 7.86. The highest BCUT2D eigenvalue weighted by Crippen LogP contribution is 2.34. The van der Waals surface area contributed by atoms with Gasteiger partial charge in [-0.05, 0) is 37.3 Å². The third-order valence-corrected chi connectivity index (χ3v) is 3.07. The molecule has 0 fully saturated rings. The minimum absolute atomic E-state index is 0.232. The molecule has 2 N–H and O–H groups in total. The first kappa shape index (κ1) is 14.7. The van der Waals surface area contributed by atoms with Crippen LogP contribution in [0.3, 0.4) is 0 Å². The van der Waals surface area contributed by atoms with E-state index in [-0.39, 0.29) is 12.3 Å². The van der Waals surface area contributed by atoms with Gasteiger partial charge in [-0.25, -0.2) is 0 Å². The van der Waals surface area contributed by atoms with Gasteiger partial charge in [0.25, 0.3) is 0 Å². The molecule has 3 nitrogen and oxygen atoms in total. The summed E-state index contributed by atoms with van der Waals surface area (Å²) < 4.78 is 0. The Balaban J connectivity index is 3.20. The predicted molar refractivity (Wildman–Crippen MR) is 71.5 cm³/mol. The van der Waals surface area contributed by atoms with Crippen molar-refractivity contribution < 1.29 is 15.0 Å². The lowest BCUT2D eigenvalue weighted by Gasteiger charge is -2.30. The molecule has 0 bridgehead atoms. The number of carboxylic acid groups (broad SMARTS) is 1. The second-order valence-corrected chi connectivity index (χ2v) is 5.52. The molecule has 0 saturated heterocycles. The van der Waals surface area contributed by atoms with Gasteiger partial charge in [0.2, 0.25) is 0 Å². The average molecular weight is 250 g/mol. The minimum atomic E-state index is -1.28. The first-order valence-corrected chi connectivity index (χ1v) is 6.26. The molecule has 18 heavy (non-hydrogen) atoms. The van der Waals surface area contributed by atoms with Gasteiger partial charge in [-0.15, -0.1) is 0 Å². The molecule has 1 aromatic carbocycles. The fourth-order valence-corrected chi connectivity index (χ4v) is 2.54. The van der Waals surface area contributed by atoms with E-state index in [0.717, 1.165) is 16.7 Å². The second kappa shape index (κ2) is 5.53. The molecule has 0 saturated carbocycles. The summed E-state index contributed by atoms with van der Waals surface area (Å²) >= 11 is 0. The zero-order valence-electron chi connectivity index (χ0n) is 11.5. The number of carboxylic acids is 1. The Hall–Kier alpha value is -1.35. The Labute approximate surface area is 108 Å². The summed E-state index contributed by atoms with van der Waals surface area (Å²) in [4.78, 5) is 11.0. The Kier molecular flexibility index (Phi) is 4.52. The van der Waals surface area contributed by atoms with E-state index in [1.807, 2.05) is 45.9 Å². The van der Waals surface area contributed by atoms with Gasteiger partial charge in [0, 0.05) is 0 Å². The monoisotopic (exact) mass is 250 g/mol. The number of carbonyl (C=O) groups is 1. The highest BCUT2D eigenvalue weighted by Gasteiger charge is 2.34. The first-order chi connectivity index (χ1) is 8.24. The quantitative estimate of drug-likeness (QED) is 0.844. The van der Waals surface area contributed by atoms with Crippen LogP contribution in [0.1, 0.15) is 43.4 Å². The molecule has 1 atom stereocenters. The van der Waals surface area contributed by atoms with Crippen LogP contribution in [0.5, 0.6) is 0 Å². The second-order valence-electron chi connectivity index (χ2n) is 5.52. The van der Waals surface area contributed by atoms with Crippen LogP contribution < -0.4 is 0 Å². The van der Waals surface area contributed by atoms with Crippen molar-refractivity contribution in [3.8, 4) is 0 Å². The number of hydrogen-bond donors (Lipinski definition) is 2. The summed E-state index contributed by atoms with van der Waals surface area (Å²) in [6, 6.07) is 5.73. The van der Waals surface area contributed by atoms with Gasteiger partial charge in [-0.1, -0.05) is 37.6 Å². The van der Waals surface area contributed by atoms with Crippen LogP contribution in [-0.2, 0) is 10.4 Å². The average Bonchev–Trinajstić information content (AvgIpc) is 2.13. The van der Waals surface area contributed by atoms with Crippen molar-refractivity contribution in [3.63, 3.8) is 0 Å². The SMILES string of the molecule is Cc1ccc(C(O)(CC(=O)O)CC(C)C)c(C)c1. The van der Waals surface area contributed by atoms with Crippen molar-refractivity contribution in [3.05, 3.63) is 34.9 Å². The number of benzene rings is 1. The summed E-state index contributed by atoms with van der Waals surface area (Å²) in [5, 5.41) is 19.7. The van der Waals surface area contributed by atoms with E-state index >= 15 is 0 Å². The smallest absolute Gasteiger partial charge is 0.306 e. The molecule has 0 aliphatic rings. The fourth-order valence-electron chi connectivity index (χ4n) is 2.54. The van der Waals surface area contributed by atoms with Crippen molar-refractivity contribution in [1.29, 1.82) is 0 Å². The van der Waals surface area contributed by atoms with Crippen LogP contribution in [-0.4, -0.2) is 16.2 Å². The lowest BCUT2D eigenvalue weighted by atomic mass is 9.81. The number of rotatable bonds is 5. The molecular formula is C15H22O3. The molecule has 100 valence electrons. The molecule has 0 spiro atoms. The zero-order valence-corrected chi connectivity index (χ0v) is 11.5. The molecule has 0 heterocycles. The van der Waals surface area contributed by atoms with Crippen molar-refractivity contribution in [2.24, 2.45) is 5.92 Å². The zero-order chi connectivity index (χ0) is 13.9. The third kappa shape index (κ3) is 3.57. The molecule has 1 aromatic rings. The van der Waals surface area contributed by atoms with Crippen molar-refractivity contribution in [2.75, 3.05) is 0 Å². The Bertz CT molecular complexity index is 437. The van der Waals surface area contributed by atoms with Crippen molar-refractivity contribution >= 4 is 5.97 Å². The summed E-state index contributed by atoms with van der Waals surface area (Å²) in [7, 11) is 0. The van der Waals surface area contributed by atoms with Crippen molar-refractivity contribution in [1.82, 2.24) is 0 Å². The van der Waals surface area contributed by atoms with Crippen LogP contribution in [0.2, 0.25) is 0 Å². The molecule has 0 aromatic heterocycles. The standard InChI is InChI=1S/C15H22O3/c1-10(2)8-15(18,9-14(16)17)13-6-5-11(3)7-12(13)4/h5-7,10,18H,8-9H2,1-4H3,(H,16,17). The lowest BCUT2D eigenvalue weighted by Crippen LogP contribution is -2.31. The highest BCUT2D eigenvalue weighted by molar-refractivity contribution is 5.68. The van der Waals surface area contributed by atoms with E-state index in [1.165, 1.54) is 0 Å². The third-order valence-electron chi connectivity index (χ3n) is 3.07. The maximum atomic E-state index is 11.0. The molecule has 0 aliphatic heterocycles. The van der Waals surface area contributed by atoms with Gasteiger partial charge in [0.15, 0.2) is 0 Å². The van der Waals surface area contributed by atoms with E-state index < -0.39 is 11.6 Å². The molecular weight excluding hydrogens is 228 g/mol. The van der Waals surface area contributed by atoms with E-state index in [4.69, 9.17) is 5.11 Å². The van der Waals surface area contributed by atoms with E-state index in [2.05, 4.69) is 0 Å². The maximum absolute atomic E-state index is 11.0.